The second-order valence-electron chi connectivity index (χ2n) is 3.31. The third kappa shape index (κ3) is 1.73. The fraction of sp³-hybridized carbons (Fsp3) is 0.200. The molecule has 1 aromatic rings. The van der Waals surface area contributed by atoms with Gasteiger partial charge in [-0.15, -0.1) is 0 Å². The molecule has 0 spiro atoms. The molecular weight excluding hydrogens is 216 g/mol. The van der Waals surface area contributed by atoms with Gasteiger partial charge in [-0.05, 0) is 17.7 Å². The summed E-state index contributed by atoms with van der Waals surface area (Å²) >= 11 is 0. The Morgan fingerprint density at radius 3 is 2.62 bits per heavy atom. The van der Waals surface area contributed by atoms with Crippen molar-refractivity contribution in [2.24, 2.45) is 4.99 Å². The van der Waals surface area contributed by atoms with Gasteiger partial charge in [0.05, 0.1) is 0 Å². The summed E-state index contributed by atoms with van der Waals surface area (Å²) in [5.41, 5.74) is 0.357. The van der Waals surface area contributed by atoms with Crippen LogP contribution in [0.4, 0.5) is 8.78 Å². The molecule has 2 rings (SSSR count). The number of hydrogen-bond donors (Lipinski definition) is 2. The van der Waals surface area contributed by atoms with E-state index in [-0.39, 0.29) is 5.91 Å². The van der Waals surface area contributed by atoms with Gasteiger partial charge in [-0.3, -0.25) is 15.1 Å². The molecule has 6 heteroatoms. The van der Waals surface area contributed by atoms with Crippen LogP contribution in [0.2, 0.25) is 0 Å². The lowest BCUT2D eigenvalue weighted by Gasteiger charge is -2.07. The van der Waals surface area contributed by atoms with Gasteiger partial charge in [0.15, 0.2) is 17.6 Å². The normalized spacial score (nSPS) is 22.1. The summed E-state index contributed by atoms with van der Waals surface area (Å²) in [7, 11) is 1.51. The minimum absolute atomic E-state index is 0.319. The highest BCUT2D eigenvalue weighted by atomic mass is 19.2. The zero-order valence-corrected chi connectivity index (χ0v) is 8.42. The van der Waals surface area contributed by atoms with Crippen LogP contribution in [-0.2, 0) is 4.79 Å². The largest absolute Gasteiger partial charge is 0.340 e. The third-order valence-corrected chi connectivity index (χ3v) is 2.29. The number of carbonyl (C=O) groups is 1. The summed E-state index contributed by atoms with van der Waals surface area (Å²) in [6, 6.07) is 2.61. The quantitative estimate of drug-likeness (QED) is 0.739. The highest BCUT2D eigenvalue weighted by Crippen LogP contribution is 2.18. The van der Waals surface area contributed by atoms with Crippen LogP contribution in [0, 0.1) is 11.6 Å². The number of nitrogens with one attached hydrogen (secondary N) is 2. The lowest BCUT2D eigenvalue weighted by atomic mass is 10.1. The van der Waals surface area contributed by atoms with E-state index in [1.165, 1.54) is 13.1 Å². The second kappa shape index (κ2) is 3.88. The summed E-state index contributed by atoms with van der Waals surface area (Å²) in [5.74, 6) is -1.94. The Morgan fingerprint density at radius 1 is 1.31 bits per heavy atom. The van der Waals surface area contributed by atoms with E-state index >= 15 is 0 Å². The number of halogens is 2. The van der Waals surface area contributed by atoms with Gasteiger partial charge in [0, 0.05) is 7.05 Å². The summed E-state index contributed by atoms with van der Waals surface area (Å²) in [4.78, 5) is 15.2. The third-order valence-electron chi connectivity index (χ3n) is 2.29. The van der Waals surface area contributed by atoms with E-state index < -0.39 is 17.7 Å². The molecule has 1 heterocycles. The molecule has 0 radical (unpaired) electrons. The first-order valence-corrected chi connectivity index (χ1v) is 4.61. The number of guanidine groups is 1. The van der Waals surface area contributed by atoms with Crippen molar-refractivity contribution in [2.75, 3.05) is 7.05 Å². The van der Waals surface area contributed by atoms with E-state index in [0.717, 1.165) is 12.1 Å². The van der Waals surface area contributed by atoms with Crippen LogP contribution in [-0.4, -0.2) is 18.9 Å². The number of amides is 1. The average molecular weight is 225 g/mol. The van der Waals surface area contributed by atoms with Crippen molar-refractivity contribution in [3.05, 3.63) is 35.4 Å². The second-order valence-corrected chi connectivity index (χ2v) is 3.31. The van der Waals surface area contributed by atoms with Gasteiger partial charge in [-0.1, -0.05) is 6.07 Å². The zero-order valence-electron chi connectivity index (χ0n) is 8.42. The smallest absolute Gasteiger partial charge is 0.253 e. The summed E-state index contributed by atoms with van der Waals surface area (Å²) in [5, 5.41) is 5.22. The van der Waals surface area contributed by atoms with E-state index in [1.807, 2.05) is 0 Å². The average Bonchev–Trinajstić information content (AvgIpc) is 2.64. The fourth-order valence-corrected chi connectivity index (χ4v) is 1.47. The van der Waals surface area contributed by atoms with E-state index in [2.05, 4.69) is 15.6 Å². The number of aliphatic imine (C=N–C) groups is 1. The molecule has 1 aromatic carbocycles. The van der Waals surface area contributed by atoms with E-state index in [0.29, 0.717) is 11.5 Å². The van der Waals surface area contributed by atoms with Gasteiger partial charge < -0.3 is 5.32 Å². The standard InChI is InChI=1S/C10H9F2N3O/c1-13-10-14-8(9(16)15-10)5-2-3-6(11)7(12)4-5/h2-4,8H,1H3,(H2,13,14,15,16). The molecule has 1 fully saturated rings. The van der Waals surface area contributed by atoms with E-state index in [1.54, 1.807) is 0 Å². The van der Waals surface area contributed by atoms with Crippen molar-refractivity contribution in [3.8, 4) is 0 Å². The van der Waals surface area contributed by atoms with Gasteiger partial charge in [0.25, 0.3) is 5.91 Å². The van der Waals surface area contributed by atoms with Crippen LogP contribution in [0.3, 0.4) is 0 Å². The van der Waals surface area contributed by atoms with Crippen molar-refractivity contribution in [1.82, 2.24) is 10.6 Å². The summed E-state index contributed by atoms with van der Waals surface area (Å²) < 4.78 is 25.7. The fourth-order valence-electron chi connectivity index (χ4n) is 1.47. The molecule has 1 unspecified atom stereocenters. The minimum atomic E-state index is -0.978. The lowest BCUT2D eigenvalue weighted by molar-refractivity contribution is -0.120. The van der Waals surface area contributed by atoms with Gasteiger partial charge in [-0.25, -0.2) is 8.78 Å². The maximum Gasteiger partial charge on any atom is 0.253 e. The molecule has 1 amide bonds. The first-order valence-electron chi connectivity index (χ1n) is 4.61. The topological polar surface area (TPSA) is 53.5 Å². The maximum absolute atomic E-state index is 13.0. The van der Waals surface area contributed by atoms with Crippen LogP contribution in [0.25, 0.3) is 0 Å². The number of hydrogen-bond acceptors (Lipinski definition) is 2. The Balaban J connectivity index is 2.31. The molecule has 84 valence electrons. The van der Waals surface area contributed by atoms with Crippen molar-refractivity contribution >= 4 is 11.9 Å². The van der Waals surface area contributed by atoms with Gasteiger partial charge >= 0.3 is 0 Å². The number of carbonyl (C=O) groups excluding carboxylic acids is 1. The van der Waals surface area contributed by atoms with Gasteiger partial charge in [-0.2, -0.15) is 0 Å². The summed E-state index contributed by atoms with van der Waals surface area (Å²) in [6.45, 7) is 0. The molecule has 1 aliphatic heterocycles. The molecule has 0 aliphatic carbocycles. The molecule has 0 aromatic heterocycles. The van der Waals surface area contributed by atoms with Gasteiger partial charge in [0.2, 0.25) is 0 Å². The van der Waals surface area contributed by atoms with Crippen molar-refractivity contribution in [2.45, 2.75) is 6.04 Å². The predicted octanol–water partition coefficient (Wildman–Crippen LogP) is 0.711. The monoisotopic (exact) mass is 225 g/mol. The zero-order chi connectivity index (χ0) is 11.7. The maximum atomic E-state index is 13.0. The molecule has 1 atom stereocenters. The molecule has 1 aliphatic rings. The van der Waals surface area contributed by atoms with Crippen LogP contribution in [0.15, 0.2) is 23.2 Å². The molecule has 0 saturated carbocycles. The van der Waals surface area contributed by atoms with Crippen LogP contribution < -0.4 is 10.6 Å². The summed E-state index contributed by atoms with van der Waals surface area (Å²) in [6.07, 6.45) is 0. The Labute approximate surface area is 90.4 Å². The SMILES string of the molecule is CN=C1NC(=O)C(c2ccc(F)c(F)c2)N1. The lowest BCUT2D eigenvalue weighted by Crippen LogP contribution is -2.24. The first kappa shape index (κ1) is 10.5. The first-order chi connectivity index (χ1) is 7.61. The van der Waals surface area contributed by atoms with Crippen LogP contribution in [0.1, 0.15) is 11.6 Å². The number of rotatable bonds is 1. The molecule has 0 bridgehead atoms. The highest BCUT2D eigenvalue weighted by Gasteiger charge is 2.29. The Morgan fingerprint density at radius 2 is 2.06 bits per heavy atom. The van der Waals surface area contributed by atoms with E-state index in [9.17, 15) is 13.6 Å². The van der Waals surface area contributed by atoms with Crippen LogP contribution in [0.5, 0.6) is 0 Å². The predicted molar refractivity (Wildman–Crippen MR) is 53.7 cm³/mol. The van der Waals surface area contributed by atoms with E-state index in [4.69, 9.17) is 0 Å². The Kier molecular flexibility index (Phi) is 2.55. The van der Waals surface area contributed by atoms with Crippen LogP contribution >= 0.6 is 0 Å². The molecule has 16 heavy (non-hydrogen) atoms. The highest BCUT2D eigenvalue weighted by molar-refractivity contribution is 6.06. The molecule has 2 N–H and O–H groups in total. The Bertz CT molecular complexity index is 473. The molecular formula is C10H9F2N3O. The minimum Gasteiger partial charge on any atom is -0.340 e. The van der Waals surface area contributed by atoms with Gasteiger partial charge in [0.1, 0.15) is 6.04 Å². The molecule has 4 nitrogen and oxygen atoms in total. The van der Waals surface area contributed by atoms with Crippen molar-refractivity contribution in [3.63, 3.8) is 0 Å². The number of benzene rings is 1. The van der Waals surface area contributed by atoms with Crippen molar-refractivity contribution in [1.29, 1.82) is 0 Å². The Hall–Kier alpha value is -1.98. The van der Waals surface area contributed by atoms with Crippen molar-refractivity contribution < 1.29 is 13.6 Å². The number of nitrogens with zero attached hydrogens (tertiary/aromatic N) is 1. The molecule has 1 saturated heterocycles.